The van der Waals surface area contributed by atoms with Crippen molar-refractivity contribution < 1.29 is 18.7 Å². The van der Waals surface area contributed by atoms with Crippen molar-refractivity contribution >= 4 is 23.0 Å². The number of benzene rings is 1. The minimum Gasteiger partial charge on any atom is -0.381 e. The molecule has 1 aliphatic heterocycles. The van der Waals surface area contributed by atoms with Gasteiger partial charge in [0.05, 0.1) is 4.88 Å². The summed E-state index contributed by atoms with van der Waals surface area (Å²) in [5, 5.41) is 4.79. The molecule has 1 fully saturated rings. The van der Waals surface area contributed by atoms with E-state index in [1.54, 1.807) is 12.1 Å². The molecule has 138 valence electrons. The van der Waals surface area contributed by atoms with Gasteiger partial charge in [-0.05, 0) is 42.0 Å². The summed E-state index contributed by atoms with van der Waals surface area (Å²) in [5.74, 6) is -0.445. The Morgan fingerprint density at radius 2 is 1.96 bits per heavy atom. The summed E-state index contributed by atoms with van der Waals surface area (Å²) in [6, 6.07) is 10.2. The Morgan fingerprint density at radius 1 is 1.15 bits per heavy atom. The fourth-order valence-corrected chi connectivity index (χ4v) is 3.99. The summed E-state index contributed by atoms with van der Waals surface area (Å²) in [6.07, 6.45) is 1.81. The Labute approximate surface area is 156 Å². The second-order valence-electron chi connectivity index (χ2n) is 6.58. The van der Waals surface area contributed by atoms with Crippen molar-refractivity contribution in [3.05, 3.63) is 58.0 Å². The molecule has 1 aromatic carbocycles. The summed E-state index contributed by atoms with van der Waals surface area (Å²) in [7, 11) is 0. The third-order valence-corrected chi connectivity index (χ3v) is 5.80. The van der Waals surface area contributed by atoms with Crippen molar-refractivity contribution in [2.75, 3.05) is 19.8 Å². The van der Waals surface area contributed by atoms with Gasteiger partial charge in [-0.25, -0.2) is 4.39 Å². The van der Waals surface area contributed by atoms with Gasteiger partial charge in [-0.2, -0.15) is 0 Å². The summed E-state index contributed by atoms with van der Waals surface area (Å²) < 4.78 is 19.1. The monoisotopic (exact) mass is 375 g/mol. The Hall–Kier alpha value is -2.05. The smallest absolute Gasteiger partial charge is 0.220 e. The third kappa shape index (κ3) is 4.56. The second-order valence-corrected chi connectivity index (χ2v) is 7.53. The molecule has 0 aliphatic carbocycles. The Kier molecular flexibility index (Phi) is 6.16. The zero-order chi connectivity index (χ0) is 18.4. The largest absolute Gasteiger partial charge is 0.381 e. The quantitative estimate of drug-likeness (QED) is 0.751. The SMILES string of the molecule is O=C(CCC(=O)c1cccs1)NCC1(c2cccc(F)c2)CCOCC1. The number of hydrogen-bond acceptors (Lipinski definition) is 4. The van der Waals surface area contributed by atoms with Crippen molar-refractivity contribution in [1.82, 2.24) is 5.32 Å². The van der Waals surface area contributed by atoms with E-state index in [0.717, 1.165) is 18.4 Å². The van der Waals surface area contributed by atoms with Crippen LogP contribution in [0.3, 0.4) is 0 Å². The van der Waals surface area contributed by atoms with E-state index in [9.17, 15) is 14.0 Å². The van der Waals surface area contributed by atoms with Crippen LogP contribution in [0.1, 0.15) is 40.9 Å². The number of Topliss-reactive ketones (excluding diaryl/α,β-unsaturated/α-hetero) is 1. The van der Waals surface area contributed by atoms with Crippen LogP contribution in [-0.4, -0.2) is 31.4 Å². The van der Waals surface area contributed by atoms with E-state index in [4.69, 9.17) is 4.74 Å². The zero-order valence-corrected chi connectivity index (χ0v) is 15.3. The highest BCUT2D eigenvalue weighted by Crippen LogP contribution is 2.34. The number of amides is 1. The van der Waals surface area contributed by atoms with E-state index in [-0.39, 0.29) is 35.8 Å². The lowest BCUT2D eigenvalue weighted by molar-refractivity contribution is -0.121. The first-order valence-corrected chi connectivity index (χ1v) is 9.64. The van der Waals surface area contributed by atoms with Crippen LogP contribution in [0.4, 0.5) is 4.39 Å². The van der Waals surface area contributed by atoms with Gasteiger partial charge >= 0.3 is 0 Å². The minimum absolute atomic E-state index is 0.0129. The van der Waals surface area contributed by atoms with E-state index in [0.29, 0.717) is 24.6 Å². The average molecular weight is 375 g/mol. The van der Waals surface area contributed by atoms with Gasteiger partial charge < -0.3 is 10.1 Å². The Bertz CT molecular complexity index is 754. The van der Waals surface area contributed by atoms with Gasteiger partial charge in [-0.1, -0.05) is 18.2 Å². The molecule has 2 heterocycles. The number of nitrogens with one attached hydrogen (secondary N) is 1. The van der Waals surface area contributed by atoms with E-state index < -0.39 is 0 Å². The van der Waals surface area contributed by atoms with Gasteiger partial charge in [0.25, 0.3) is 0 Å². The molecular weight excluding hydrogens is 353 g/mol. The number of carbonyl (C=O) groups is 2. The lowest BCUT2D eigenvalue weighted by Crippen LogP contribution is -2.44. The predicted molar refractivity (Wildman–Crippen MR) is 99.0 cm³/mol. The first-order valence-electron chi connectivity index (χ1n) is 8.76. The van der Waals surface area contributed by atoms with Crippen LogP contribution in [0.15, 0.2) is 41.8 Å². The molecule has 0 unspecified atom stereocenters. The van der Waals surface area contributed by atoms with Crippen LogP contribution in [0.25, 0.3) is 0 Å². The maximum atomic E-state index is 13.7. The summed E-state index contributed by atoms with van der Waals surface area (Å²) >= 11 is 1.39. The molecule has 0 bridgehead atoms. The lowest BCUT2D eigenvalue weighted by atomic mass is 9.74. The molecule has 6 heteroatoms. The summed E-state index contributed by atoms with van der Waals surface area (Å²) in [5.41, 5.74) is 0.559. The van der Waals surface area contributed by atoms with Crippen molar-refractivity contribution in [3.8, 4) is 0 Å². The number of ether oxygens (including phenoxy) is 1. The van der Waals surface area contributed by atoms with E-state index in [1.807, 2.05) is 17.5 Å². The molecule has 0 atom stereocenters. The number of ketones is 1. The van der Waals surface area contributed by atoms with Crippen LogP contribution < -0.4 is 5.32 Å². The van der Waals surface area contributed by atoms with Crippen molar-refractivity contribution in [3.63, 3.8) is 0 Å². The molecule has 0 radical (unpaired) electrons. The van der Waals surface area contributed by atoms with Gasteiger partial charge in [-0.15, -0.1) is 11.3 Å². The van der Waals surface area contributed by atoms with Gasteiger partial charge in [-0.3, -0.25) is 9.59 Å². The fourth-order valence-electron chi connectivity index (χ4n) is 3.29. The van der Waals surface area contributed by atoms with Gasteiger partial charge in [0, 0.05) is 38.0 Å². The van der Waals surface area contributed by atoms with Gasteiger partial charge in [0.1, 0.15) is 5.82 Å². The number of carbonyl (C=O) groups excluding carboxylic acids is 2. The van der Waals surface area contributed by atoms with Gasteiger partial charge in [0.15, 0.2) is 5.78 Å². The number of rotatable bonds is 7. The molecule has 1 aliphatic rings. The number of halogens is 1. The molecule has 2 aromatic rings. The summed E-state index contributed by atoms with van der Waals surface area (Å²) in [6.45, 7) is 1.60. The molecule has 1 N–H and O–H groups in total. The zero-order valence-electron chi connectivity index (χ0n) is 14.5. The Morgan fingerprint density at radius 3 is 2.65 bits per heavy atom. The van der Waals surface area contributed by atoms with Gasteiger partial charge in [0.2, 0.25) is 5.91 Å². The van der Waals surface area contributed by atoms with Crippen LogP contribution in [0.5, 0.6) is 0 Å². The second kappa shape index (κ2) is 8.56. The molecule has 26 heavy (non-hydrogen) atoms. The topological polar surface area (TPSA) is 55.4 Å². The minimum atomic E-state index is -0.326. The first-order chi connectivity index (χ1) is 12.6. The third-order valence-electron chi connectivity index (χ3n) is 4.89. The standard InChI is InChI=1S/C20H22FNO3S/c21-16-4-1-3-15(13-16)20(8-10-25-11-9-20)14-22-19(24)7-6-17(23)18-5-2-12-26-18/h1-5,12-13H,6-11,14H2,(H,22,24). The van der Waals surface area contributed by atoms with Crippen molar-refractivity contribution in [2.24, 2.45) is 0 Å². The van der Waals surface area contributed by atoms with Crippen LogP contribution in [-0.2, 0) is 14.9 Å². The highest BCUT2D eigenvalue weighted by molar-refractivity contribution is 7.12. The molecule has 1 aromatic heterocycles. The van der Waals surface area contributed by atoms with E-state index >= 15 is 0 Å². The van der Waals surface area contributed by atoms with Crippen LogP contribution in [0, 0.1) is 5.82 Å². The average Bonchev–Trinajstić information content (AvgIpc) is 3.20. The maximum Gasteiger partial charge on any atom is 0.220 e. The first kappa shape index (κ1) is 18.7. The Balaban J connectivity index is 1.59. The fraction of sp³-hybridized carbons (Fsp3) is 0.400. The maximum absolute atomic E-state index is 13.7. The molecule has 3 rings (SSSR count). The van der Waals surface area contributed by atoms with Crippen LogP contribution in [0.2, 0.25) is 0 Å². The number of hydrogen-bond donors (Lipinski definition) is 1. The van der Waals surface area contributed by atoms with E-state index in [2.05, 4.69) is 5.32 Å². The summed E-state index contributed by atoms with van der Waals surface area (Å²) in [4.78, 5) is 24.9. The lowest BCUT2D eigenvalue weighted by Gasteiger charge is -2.38. The number of thiophene rings is 1. The molecule has 0 spiro atoms. The normalized spacial score (nSPS) is 16.2. The van der Waals surface area contributed by atoms with E-state index in [1.165, 1.54) is 23.5 Å². The molecule has 0 saturated carbocycles. The highest BCUT2D eigenvalue weighted by Gasteiger charge is 2.35. The molecule has 1 saturated heterocycles. The van der Waals surface area contributed by atoms with Crippen LogP contribution >= 0.6 is 11.3 Å². The predicted octanol–water partition coefficient (Wildman–Crippen LogP) is 3.71. The molecular formula is C20H22FNO3S. The molecule has 4 nitrogen and oxygen atoms in total. The highest BCUT2D eigenvalue weighted by atomic mass is 32.1. The van der Waals surface area contributed by atoms with Crippen molar-refractivity contribution in [1.29, 1.82) is 0 Å². The van der Waals surface area contributed by atoms with Crippen molar-refractivity contribution in [2.45, 2.75) is 31.1 Å². The molecule has 1 amide bonds.